The molecule has 2 amide bonds. The molecule has 0 aromatic heterocycles. The molecule has 2 fully saturated rings. The first kappa shape index (κ1) is 15.3. The number of hydrogen-bond donors (Lipinski definition) is 1. The van der Waals surface area contributed by atoms with Gasteiger partial charge in [-0.2, -0.15) is 0 Å². The second-order valence-electron chi connectivity index (χ2n) is 5.86. The van der Waals surface area contributed by atoms with Crippen LogP contribution in [0.1, 0.15) is 38.5 Å². The maximum Gasteiger partial charge on any atom is 0.248 e. The van der Waals surface area contributed by atoms with Crippen LogP contribution in [-0.2, 0) is 19.4 Å². The molecule has 0 radical (unpaired) electrons. The lowest BCUT2D eigenvalue weighted by atomic mass is 9.96. The molecule has 1 spiro atoms. The molecule has 1 heterocycles. The summed E-state index contributed by atoms with van der Waals surface area (Å²) in [5.74, 6) is -0.0364. The zero-order valence-corrected chi connectivity index (χ0v) is 12.7. The van der Waals surface area contributed by atoms with Crippen molar-refractivity contribution < 1.29 is 18.0 Å². The van der Waals surface area contributed by atoms with Crippen molar-refractivity contribution in [2.45, 2.75) is 44.1 Å². The van der Waals surface area contributed by atoms with Crippen molar-refractivity contribution in [3.63, 3.8) is 0 Å². The van der Waals surface area contributed by atoms with Crippen molar-refractivity contribution in [1.82, 2.24) is 10.2 Å². The summed E-state index contributed by atoms with van der Waals surface area (Å²) < 4.78 is 22.3. The highest BCUT2D eigenvalue weighted by molar-refractivity contribution is 7.90. The molecule has 7 heteroatoms. The van der Waals surface area contributed by atoms with Crippen molar-refractivity contribution in [3.05, 3.63) is 0 Å². The van der Waals surface area contributed by atoms with E-state index in [9.17, 15) is 18.0 Å². The maximum atomic E-state index is 12.6. The third kappa shape index (κ3) is 3.50. The fraction of sp³-hybridized carbons (Fsp3) is 0.846. The van der Waals surface area contributed by atoms with Crippen molar-refractivity contribution in [3.8, 4) is 0 Å². The number of sulfone groups is 1. The summed E-state index contributed by atoms with van der Waals surface area (Å²) in [6.45, 7) is 0.790. The first-order valence-corrected chi connectivity index (χ1v) is 9.17. The van der Waals surface area contributed by atoms with E-state index in [0.29, 0.717) is 38.8 Å². The summed E-state index contributed by atoms with van der Waals surface area (Å²) in [7, 11) is -3.01. The lowest BCUT2D eigenvalue weighted by Gasteiger charge is -2.31. The zero-order valence-electron chi connectivity index (χ0n) is 11.9. The standard InChI is InChI=1S/C13H22N2O4S/c1-20(18,19)10-4-8-15-9-5-11(16)14-13(12(15)17)6-2-3-7-13/h2-10H2,1H3,(H,14,16). The highest BCUT2D eigenvalue weighted by Gasteiger charge is 2.46. The minimum Gasteiger partial charge on any atom is -0.342 e. The molecular weight excluding hydrogens is 280 g/mol. The van der Waals surface area contributed by atoms with Gasteiger partial charge in [-0.05, 0) is 19.3 Å². The van der Waals surface area contributed by atoms with Crippen LogP contribution >= 0.6 is 0 Å². The normalized spacial score (nSPS) is 22.9. The first-order valence-electron chi connectivity index (χ1n) is 7.11. The Labute approximate surface area is 119 Å². The Hall–Kier alpha value is -1.11. The van der Waals surface area contributed by atoms with E-state index < -0.39 is 15.4 Å². The molecule has 20 heavy (non-hydrogen) atoms. The zero-order chi connectivity index (χ0) is 14.8. The third-order valence-corrected chi connectivity index (χ3v) is 5.11. The van der Waals surface area contributed by atoms with Gasteiger partial charge in [0.2, 0.25) is 11.8 Å². The van der Waals surface area contributed by atoms with Gasteiger partial charge in [-0.1, -0.05) is 12.8 Å². The van der Waals surface area contributed by atoms with Crippen LogP contribution in [0.4, 0.5) is 0 Å². The minimum atomic E-state index is -3.01. The average molecular weight is 302 g/mol. The smallest absolute Gasteiger partial charge is 0.248 e. The van der Waals surface area contributed by atoms with Gasteiger partial charge < -0.3 is 10.2 Å². The van der Waals surface area contributed by atoms with E-state index in [0.717, 1.165) is 12.8 Å². The van der Waals surface area contributed by atoms with Gasteiger partial charge in [0.05, 0.1) is 5.75 Å². The van der Waals surface area contributed by atoms with Crippen LogP contribution in [0.5, 0.6) is 0 Å². The number of amides is 2. The van der Waals surface area contributed by atoms with Gasteiger partial charge in [0.25, 0.3) is 0 Å². The van der Waals surface area contributed by atoms with Crippen molar-refractivity contribution in [2.75, 3.05) is 25.1 Å². The van der Waals surface area contributed by atoms with E-state index in [1.54, 1.807) is 4.90 Å². The predicted molar refractivity (Wildman–Crippen MR) is 74.9 cm³/mol. The van der Waals surface area contributed by atoms with E-state index in [1.807, 2.05) is 0 Å². The molecule has 1 aliphatic carbocycles. The largest absolute Gasteiger partial charge is 0.342 e. The van der Waals surface area contributed by atoms with Crippen LogP contribution in [0.15, 0.2) is 0 Å². The van der Waals surface area contributed by atoms with Crippen LogP contribution in [0.2, 0.25) is 0 Å². The molecule has 0 atom stereocenters. The lowest BCUT2D eigenvalue weighted by Crippen LogP contribution is -2.55. The van der Waals surface area contributed by atoms with Crippen LogP contribution in [-0.4, -0.2) is 55.8 Å². The fourth-order valence-corrected chi connectivity index (χ4v) is 3.73. The van der Waals surface area contributed by atoms with Crippen LogP contribution in [0.25, 0.3) is 0 Å². The van der Waals surface area contributed by atoms with Gasteiger partial charge >= 0.3 is 0 Å². The van der Waals surface area contributed by atoms with Gasteiger partial charge in [-0.3, -0.25) is 9.59 Å². The SMILES string of the molecule is CS(=O)(=O)CCCN1CCC(=O)NC2(CCCC2)C1=O. The Morgan fingerprint density at radius 1 is 1.25 bits per heavy atom. The topological polar surface area (TPSA) is 83.6 Å². The Bertz CT molecular complexity index is 495. The molecule has 0 bridgehead atoms. The number of rotatable bonds is 4. The summed E-state index contributed by atoms with van der Waals surface area (Å²) >= 11 is 0. The molecule has 6 nitrogen and oxygen atoms in total. The quantitative estimate of drug-likeness (QED) is 0.797. The molecular formula is C13H22N2O4S. The van der Waals surface area contributed by atoms with Gasteiger partial charge in [-0.25, -0.2) is 8.42 Å². The van der Waals surface area contributed by atoms with Crippen molar-refractivity contribution >= 4 is 21.7 Å². The molecule has 1 aliphatic heterocycles. The lowest BCUT2D eigenvalue weighted by molar-refractivity contribution is -0.138. The van der Waals surface area contributed by atoms with Gasteiger partial charge in [-0.15, -0.1) is 0 Å². The first-order chi connectivity index (χ1) is 9.32. The molecule has 1 N–H and O–H groups in total. The predicted octanol–water partition coefficient (Wildman–Crippen LogP) is 0.0824. The van der Waals surface area contributed by atoms with E-state index >= 15 is 0 Å². The molecule has 2 aliphatic rings. The second kappa shape index (κ2) is 5.71. The third-order valence-electron chi connectivity index (χ3n) is 4.08. The number of carbonyl (C=O) groups is 2. The van der Waals surface area contributed by atoms with Crippen LogP contribution in [0, 0.1) is 0 Å². The van der Waals surface area contributed by atoms with Crippen LogP contribution < -0.4 is 5.32 Å². The maximum absolute atomic E-state index is 12.6. The van der Waals surface area contributed by atoms with E-state index in [2.05, 4.69) is 5.32 Å². The van der Waals surface area contributed by atoms with E-state index in [4.69, 9.17) is 0 Å². The summed E-state index contributed by atoms with van der Waals surface area (Å²) in [4.78, 5) is 26.1. The Morgan fingerprint density at radius 3 is 2.50 bits per heavy atom. The monoisotopic (exact) mass is 302 g/mol. The van der Waals surface area contributed by atoms with Gasteiger partial charge in [0.1, 0.15) is 15.4 Å². The summed E-state index contributed by atoms with van der Waals surface area (Å²) in [5, 5.41) is 2.89. The molecule has 0 aromatic rings. The number of nitrogens with one attached hydrogen (secondary N) is 1. The molecule has 2 rings (SSSR count). The molecule has 0 aromatic carbocycles. The molecule has 1 saturated heterocycles. The molecule has 114 valence electrons. The second-order valence-corrected chi connectivity index (χ2v) is 8.12. The Morgan fingerprint density at radius 2 is 1.90 bits per heavy atom. The van der Waals surface area contributed by atoms with Crippen molar-refractivity contribution in [1.29, 1.82) is 0 Å². The highest BCUT2D eigenvalue weighted by Crippen LogP contribution is 2.33. The summed E-state index contributed by atoms with van der Waals surface area (Å²) in [6.07, 6.45) is 5.20. The van der Waals surface area contributed by atoms with E-state index in [1.165, 1.54) is 6.26 Å². The highest BCUT2D eigenvalue weighted by atomic mass is 32.2. The number of carbonyl (C=O) groups excluding carboxylic acids is 2. The van der Waals surface area contributed by atoms with Crippen LogP contribution in [0.3, 0.4) is 0 Å². The Kier molecular flexibility index (Phi) is 4.36. The van der Waals surface area contributed by atoms with Gasteiger partial charge in [0, 0.05) is 25.8 Å². The van der Waals surface area contributed by atoms with Crippen molar-refractivity contribution in [2.24, 2.45) is 0 Å². The molecule has 0 unspecified atom stereocenters. The number of nitrogens with zero attached hydrogens (tertiary/aromatic N) is 1. The minimum absolute atomic E-state index is 0.0330. The number of hydrogen-bond acceptors (Lipinski definition) is 4. The average Bonchev–Trinajstić information content (AvgIpc) is 2.76. The molecule has 1 saturated carbocycles. The fourth-order valence-electron chi connectivity index (χ4n) is 3.07. The van der Waals surface area contributed by atoms with Gasteiger partial charge in [0.15, 0.2) is 0 Å². The van der Waals surface area contributed by atoms with E-state index in [-0.39, 0.29) is 17.6 Å². The Balaban J connectivity index is 2.04. The summed E-state index contributed by atoms with van der Waals surface area (Å²) in [6, 6.07) is 0. The summed E-state index contributed by atoms with van der Waals surface area (Å²) in [5.41, 5.74) is -0.724.